The molecule has 1 atom stereocenters. The lowest BCUT2D eigenvalue weighted by atomic mass is 9.95. The monoisotopic (exact) mass is 546 g/mol. The van der Waals surface area contributed by atoms with Crippen LogP contribution in [0.1, 0.15) is 30.4 Å². The number of carboxylic acids is 1. The number of anilines is 2. The third-order valence-electron chi connectivity index (χ3n) is 6.17. The second kappa shape index (κ2) is 10.8. The first-order valence-electron chi connectivity index (χ1n) is 11.7. The minimum Gasteiger partial charge on any atom is -0.481 e. The van der Waals surface area contributed by atoms with E-state index in [1.165, 1.54) is 24.3 Å². The molecular formula is C26H25F3N4O4S. The van der Waals surface area contributed by atoms with Crippen LogP contribution in [0.5, 0.6) is 0 Å². The smallest absolute Gasteiger partial charge is 0.418 e. The van der Waals surface area contributed by atoms with Crippen LogP contribution in [0.2, 0.25) is 0 Å². The quantitative estimate of drug-likeness (QED) is 0.394. The van der Waals surface area contributed by atoms with E-state index in [9.17, 15) is 26.4 Å². The second-order valence-electron chi connectivity index (χ2n) is 8.87. The zero-order chi connectivity index (χ0) is 27.5. The van der Waals surface area contributed by atoms with E-state index in [-0.39, 0.29) is 28.7 Å². The van der Waals surface area contributed by atoms with E-state index in [1.54, 1.807) is 24.3 Å². The molecule has 1 aromatic carbocycles. The number of halogens is 3. The van der Waals surface area contributed by atoms with Crippen molar-refractivity contribution in [1.82, 2.24) is 9.97 Å². The first-order valence-corrected chi connectivity index (χ1v) is 13.2. The zero-order valence-electron chi connectivity index (χ0n) is 20.1. The molecule has 2 N–H and O–H groups in total. The van der Waals surface area contributed by atoms with Gasteiger partial charge in [0, 0.05) is 25.1 Å². The molecule has 0 radical (unpaired) electrons. The summed E-state index contributed by atoms with van der Waals surface area (Å²) in [5.74, 6) is -0.929. The molecule has 2 aromatic heterocycles. The predicted molar refractivity (Wildman–Crippen MR) is 137 cm³/mol. The van der Waals surface area contributed by atoms with E-state index in [1.807, 2.05) is 4.90 Å². The lowest BCUT2D eigenvalue weighted by Gasteiger charge is -2.33. The Kier molecular flexibility index (Phi) is 7.72. The van der Waals surface area contributed by atoms with E-state index in [0.717, 1.165) is 25.0 Å². The van der Waals surface area contributed by atoms with Crippen molar-refractivity contribution >= 4 is 33.7 Å². The van der Waals surface area contributed by atoms with E-state index >= 15 is 0 Å². The number of hydrogen-bond acceptors (Lipinski definition) is 6. The summed E-state index contributed by atoms with van der Waals surface area (Å²) in [6, 6.07) is 12.4. The van der Waals surface area contributed by atoms with Crippen molar-refractivity contribution < 1.29 is 31.5 Å². The van der Waals surface area contributed by atoms with Gasteiger partial charge in [0.15, 0.2) is 5.03 Å². The Labute approximate surface area is 217 Å². The molecule has 4 rings (SSSR count). The molecule has 0 spiro atoms. The van der Waals surface area contributed by atoms with Gasteiger partial charge in [-0.15, -0.1) is 0 Å². The molecule has 0 saturated carbocycles. The number of benzene rings is 1. The molecule has 1 aliphatic heterocycles. The topological polar surface area (TPSA) is 112 Å². The summed E-state index contributed by atoms with van der Waals surface area (Å²) in [6.07, 6.45) is -1.84. The summed E-state index contributed by atoms with van der Waals surface area (Å²) in [5.41, 5.74) is -0.900. The van der Waals surface area contributed by atoms with Crippen LogP contribution in [-0.2, 0) is 21.0 Å². The molecule has 200 valence electrons. The second-order valence-corrected chi connectivity index (χ2v) is 10.5. The Balaban J connectivity index is 1.65. The normalized spacial score (nSPS) is 16.2. The highest BCUT2D eigenvalue weighted by Crippen LogP contribution is 2.38. The average Bonchev–Trinajstić information content (AvgIpc) is 2.87. The summed E-state index contributed by atoms with van der Waals surface area (Å²) in [4.78, 5) is 21.2. The van der Waals surface area contributed by atoms with Gasteiger partial charge in [0.05, 0.1) is 11.3 Å². The van der Waals surface area contributed by atoms with Gasteiger partial charge in [-0.1, -0.05) is 43.0 Å². The number of alkyl halides is 3. The Morgan fingerprint density at radius 1 is 1.13 bits per heavy atom. The number of nitrogens with one attached hydrogen (secondary N) is 1. The Morgan fingerprint density at radius 2 is 1.89 bits per heavy atom. The van der Waals surface area contributed by atoms with Crippen LogP contribution in [0.15, 0.2) is 66.2 Å². The first kappa shape index (κ1) is 27.1. The number of carboxylic acid groups (broad SMARTS) is 1. The number of carbonyl (C=O) groups is 1. The largest absolute Gasteiger partial charge is 0.481 e. The van der Waals surface area contributed by atoms with Crippen molar-refractivity contribution in [2.45, 2.75) is 30.5 Å². The van der Waals surface area contributed by atoms with E-state index in [2.05, 4.69) is 21.3 Å². The molecule has 0 amide bonds. The molecule has 0 aliphatic carbocycles. The Morgan fingerprint density at radius 3 is 2.61 bits per heavy atom. The fourth-order valence-electron chi connectivity index (χ4n) is 4.45. The molecule has 1 fully saturated rings. The third-order valence-corrected chi connectivity index (χ3v) is 7.42. The van der Waals surface area contributed by atoms with Gasteiger partial charge in [0.1, 0.15) is 11.6 Å². The number of aliphatic carboxylic acids is 1. The van der Waals surface area contributed by atoms with Gasteiger partial charge in [-0.3, -0.25) is 9.52 Å². The first-order chi connectivity index (χ1) is 18.0. The lowest BCUT2D eigenvalue weighted by Crippen LogP contribution is -2.37. The summed E-state index contributed by atoms with van der Waals surface area (Å²) in [5, 5.41) is 8.76. The number of rotatable bonds is 8. The SMILES string of the molecule is C=Cc1ccccc1-c1nc(NS(=O)(=O)c2cccc(N3CCC[C@@H](CC(=O)O)C3)n2)ccc1C(F)(F)F. The van der Waals surface area contributed by atoms with Crippen molar-refractivity contribution in [3.8, 4) is 11.3 Å². The fraction of sp³-hybridized carbons (Fsp3) is 0.269. The van der Waals surface area contributed by atoms with Gasteiger partial charge in [-0.2, -0.15) is 21.6 Å². The number of nitrogens with zero attached hydrogens (tertiary/aromatic N) is 3. The Bertz CT molecular complexity index is 1460. The van der Waals surface area contributed by atoms with E-state index in [4.69, 9.17) is 5.11 Å². The minimum absolute atomic E-state index is 0.00690. The molecule has 12 heteroatoms. The standard InChI is InChI=1S/C26H25F3N4O4S/c1-2-18-8-3-4-9-19(18)25-20(26(27,28)29)12-13-21(30-25)32-38(36,37)23-11-5-10-22(31-23)33-14-6-7-17(16-33)15-24(34)35/h2-5,8-13,17H,1,6-7,14-16H2,(H,30,32)(H,34,35)/t17-/m0/s1. The van der Waals surface area contributed by atoms with Crippen LogP contribution >= 0.6 is 0 Å². The van der Waals surface area contributed by atoms with Crippen LogP contribution in [0, 0.1) is 5.92 Å². The average molecular weight is 547 g/mol. The van der Waals surface area contributed by atoms with Gasteiger partial charge >= 0.3 is 12.1 Å². The number of sulfonamides is 1. The molecule has 0 unspecified atom stereocenters. The van der Waals surface area contributed by atoms with Crippen LogP contribution in [0.4, 0.5) is 24.8 Å². The van der Waals surface area contributed by atoms with Crippen LogP contribution in [0.25, 0.3) is 17.3 Å². The molecule has 38 heavy (non-hydrogen) atoms. The van der Waals surface area contributed by atoms with Crippen LogP contribution < -0.4 is 9.62 Å². The highest BCUT2D eigenvalue weighted by molar-refractivity contribution is 7.92. The summed E-state index contributed by atoms with van der Waals surface area (Å²) in [7, 11) is -4.32. The van der Waals surface area contributed by atoms with Crippen LogP contribution in [-0.4, -0.2) is 42.6 Å². The zero-order valence-corrected chi connectivity index (χ0v) is 21.0. The molecule has 8 nitrogen and oxygen atoms in total. The molecule has 3 aromatic rings. The maximum absolute atomic E-state index is 13.8. The number of pyridine rings is 2. The van der Waals surface area contributed by atoms with Crippen molar-refractivity contribution in [3.05, 3.63) is 72.3 Å². The highest BCUT2D eigenvalue weighted by atomic mass is 32.2. The maximum atomic E-state index is 13.8. The number of hydrogen-bond donors (Lipinski definition) is 2. The fourth-order valence-corrected chi connectivity index (χ4v) is 5.41. The van der Waals surface area contributed by atoms with Gasteiger partial charge in [-0.05, 0) is 48.6 Å². The molecule has 3 heterocycles. The molecule has 0 bridgehead atoms. The van der Waals surface area contributed by atoms with Crippen molar-refractivity contribution in [2.24, 2.45) is 5.92 Å². The maximum Gasteiger partial charge on any atom is 0.418 e. The van der Waals surface area contributed by atoms with Gasteiger partial charge in [0.2, 0.25) is 0 Å². The van der Waals surface area contributed by atoms with Crippen LogP contribution in [0.3, 0.4) is 0 Å². The van der Waals surface area contributed by atoms with Gasteiger partial charge < -0.3 is 10.0 Å². The molecule has 1 aliphatic rings. The minimum atomic E-state index is -4.73. The van der Waals surface area contributed by atoms with Gasteiger partial charge in [-0.25, -0.2) is 9.97 Å². The highest BCUT2D eigenvalue weighted by Gasteiger charge is 2.35. The molecule has 1 saturated heterocycles. The van der Waals surface area contributed by atoms with Crippen molar-refractivity contribution in [1.29, 1.82) is 0 Å². The summed E-state index contributed by atoms with van der Waals surface area (Å²) < 4.78 is 69.9. The Hall–Kier alpha value is -3.93. The summed E-state index contributed by atoms with van der Waals surface area (Å²) in [6.45, 7) is 4.64. The van der Waals surface area contributed by atoms with E-state index in [0.29, 0.717) is 24.5 Å². The van der Waals surface area contributed by atoms with E-state index < -0.39 is 33.4 Å². The van der Waals surface area contributed by atoms with Gasteiger partial charge in [0.25, 0.3) is 10.0 Å². The third kappa shape index (κ3) is 6.13. The van der Waals surface area contributed by atoms with Crippen molar-refractivity contribution in [3.63, 3.8) is 0 Å². The summed E-state index contributed by atoms with van der Waals surface area (Å²) >= 11 is 0. The number of piperidine rings is 1. The lowest BCUT2D eigenvalue weighted by molar-refractivity contribution is -0.138. The van der Waals surface area contributed by atoms with Crippen molar-refractivity contribution in [2.75, 3.05) is 22.7 Å². The molecular weight excluding hydrogens is 521 g/mol. The predicted octanol–water partition coefficient (Wildman–Crippen LogP) is 5.30. The number of aromatic nitrogens is 2.